The smallest absolute Gasteiger partial charge is 0.128 e. The zero-order valence-electron chi connectivity index (χ0n) is 12.8. The number of aromatic nitrogens is 2. The topological polar surface area (TPSA) is 55.9 Å². The third-order valence-corrected chi connectivity index (χ3v) is 3.85. The number of nitrogens with zero attached hydrogens (tertiary/aromatic N) is 2. The minimum absolute atomic E-state index is 0.237. The van der Waals surface area contributed by atoms with Crippen LogP contribution in [0.15, 0.2) is 30.5 Å². The van der Waals surface area contributed by atoms with Crippen LogP contribution in [0.25, 0.3) is 0 Å². The van der Waals surface area contributed by atoms with E-state index in [2.05, 4.69) is 24.4 Å². The zero-order valence-corrected chi connectivity index (χ0v) is 12.8. The zero-order chi connectivity index (χ0) is 15.4. The minimum atomic E-state index is -0.286. The first-order chi connectivity index (χ1) is 10.0. The molecule has 0 fully saturated rings. The highest BCUT2D eigenvalue weighted by atomic mass is 19.1. The van der Waals surface area contributed by atoms with Crippen LogP contribution in [0.2, 0.25) is 0 Å². The number of hydrogen-bond acceptors (Lipinski definition) is 3. The third-order valence-electron chi connectivity index (χ3n) is 3.85. The summed E-state index contributed by atoms with van der Waals surface area (Å²) >= 11 is 0. The summed E-state index contributed by atoms with van der Waals surface area (Å²) in [5.41, 5.74) is 5.06. The van der Waals surface area contributed by atoms with E-state index in [0.29, 0.717) is 18.0 Å². The van der Waals surface area contributed by atoms with Crippen LogP contribution in [0.5, 0.6) is 0 Å². The highest BCUT2D eigenvalue weighted by molar-refractivity contribution is 5.27. The Morgan fingerprint density at radius 2 is 2.14 bits per heavy atom. The molecule has 1 aromatic carbocycles. The maximum atomic E-state index is 14.1. The Bertz CT molecular complexity index is 594. The predicted octanol–water partition coefficient (Wildman–Crippen LogP) is 3.05. The second-order valence-electron chi connectivity index (χ2n) is 5.49. The Kier molecular flexibility index (Phi) is 5.09. The lowest BCUT2D eigenvalue weighted by molar-refractivity contribution is 0.463. The van der Waals surface area contributed by atoms with Gasteiger partial charge in [0.25, 0.3) is 0 Å². The minimum Gasteiger partial charge on any atom is -0.271 e. The number of hydrazine groups is 1. The lowest BCUT2D eigenvalue weighted by Gasteiger charge is -2.16. The van der Waals surface area contributed by atoms with Crippen molar-refractivity contribution in [2.24, 2.45) is 5.84 Å². The normalized spacial score (nSPS) is 14.1. The van der Waals surface area contributed by atoms with E-state index in [0.717, 1.165) is 17.7 Å². The molecule has 0 radical (unpaired) electrons. The van der Waals surface area contributed by atoms with Gasteiger partial charge in [-0.05, 0) is 38.0 Å². The van der Waals surface area contributed by atoms with Crippen molar-refractivity contribution in [2.75, 3.05) is 0 Å². The molecule has 4 nitrogen and oxygen atoms in total. The van der Waals surface area contributed by atoms with Gasteiger partial charge in [0.1, 0.15) is 5.82 Å². The average molecular weight is 290 g/mol. The van der Waals surface area contributed by atoms with Crippen molar-refractivity contribution >= 4 is 0 Å². The highest BCUT2D eigenvalue weighted by Gasteiger charge is 2.17. The summed E-state index contributed by atoms with van der Waals surface area (Å²) in [6.07, 6.45) is 3.54. The number of rotatable bonds is 6. The van der Waals surface area contributed by atoms with E-state index in [1.54, 1.807) is 6.07 Å². The van der Waals surface area contributed by atoms with Gasteiger partial charge in [0.15, 0.2) is 0 Å². The molecule has 0 aliphatic rings. The number of nitrogens with one attached hydrogen (secondary N) is 1. The lowest BCUT2D eigenvalue weighted by atomic mass is 10.0. The largest absolute Gasteiger partial charge is 0.271 e. The summed E-state index contributed by atoms with van der Waals surface area (Å²) in [4.78, 5) is 0. The summed E-state index contributed by atoms with van der Waals surface area (Å²) in [6, 6.07) is 7.23. The van der Waals surface area contributed by atoms with Gasteiger partial charge in [-0.3, -0.25) is 16.0 Å². The Balaban J connectivity index is 2.17. The lowest BCUT2D eigenvalue weighted by Crippen LogP contribution is -2.30. The van der Waals surface area contributed by atoms with E-state index in [4.69, 9.17) is 5.84 Å². The van der Waals surface area contributed by atoms with Crippen molar-refractivity contribution in [3.05, 3.63) is 53.1 Å². The molecule has 0 spiro atoms. The molecule has 114 valence electrons. The number of hydrogen-bond donors (Lipinski definition) is 2. The Hall–Kier alpha value is -1.72. The molecule has 21 heavy (non-hydrogen) atoms. The predicted molar refractivity (Wildman–Crippen MR) is 82.1 cm³/mol. The maximum Gasteiger partial charge on any atom is 0.128 e. The van der Waals surface area contributed by atoms with Crippen LogP contribution < -0.4 is 11.3 Å². The summed E-state index contributed by atoms with van der Waals surface area (Å²) in [5.74, 6) is 5.36. The molecule has 2 atom stereocenters. The molecule has 1 aromatic heterocycles. The molecule has 0 bridgehead atoms. The van der Waals surface area contributed by atoms with E-state index in [9.17, 15) is 4.39 Å². The monoisotopic (exact) mass is 290 g/mol. The fourth-order valence-corrected chi connectivity index (χ4v) is 2.30. The van der Waals surface area contributed by atoms with Gasteiger partial charge in [-0.1, -0.05) is 19.1 Å². The van der Waals surface area contributed by atoms with Crippen molar-refractivity contribution in [1.29, 1.82) is 0 Å². The van der Waals surface area contributed by atoms with Crippen molar-refractivity contribution in [3.63, 3.8) is 0 Å². The molecule has 1 heterocycles. The maximum absolute atomic E-state index is 14.1. The Morgan fingerprint density at radius 1 is 1.38 bits per heavy atom. The number of halogens is 1. The van der Waals surface area contributed by atoms with Crippen LogP contribution in [0.3, 0.4) is 0 Å². The van der Waals surface area contributed by atoms with Gasteiger partial charge in [0.2, 0.25) is 0 Å². The van der Waals surface area contributed by atoms with Gasteiger partial charge in [-0.15, -0.1) is 0 Å². The van der Waals surface area contributed by atoms with Gasteiger partial charge in [-0.25, -0.2) is 4.39 Å². The van der Waals surface area contributed by atoms with Gasteiger partial charge >= 0.3 is 0 Å². The van der Waals surface area contributed by atoms with Crippen LogP contribution in [-0.4, -0.2) is 9.78 Å². The van der Waals surface area contributed by atoms with E-state index in [-0.39, 0.29) is 11.9 Å². The number of aryl methyl sites for hydroxylation is 1. The molecule has 0 aliphatic carbocycles. The molecular formula is C16H23FN4. The van der Waals surface area contributed by atoms with Crippen LogP contribution in [0, 0.1) is 12.7 Å². The van der Waals surface area contributed by atoms with Gasteiger partial charge in [0.05, 0.1) is 11.7 Å². The highest BCUT2D eigenvalue weighted by Crippen LogP contribution is 2.21. The molecule has 0 saturated heterocycles. The quantitative estimate of drug-likeness (QED) is 0.635. The Labute approximate surface area is 125 Å². The fraction of sp³-hybridized carbons (Fsp3) is 0.438. The molecule has 0 aliphatic heterocycles. The van der Waals surface area contributed by atoms with Crippen LogP contribution in [0.4, 0.5) is 4.39 Å². The molecule has 0 saturated carbocycles. The summed E-state index contributed by atoms with van der Waals surface area (Å²) < 4.78 is 16.0. The molecule has 0 amide bonds. The van der Waals surface area contributed by atoms with Crippen LogP contribution in [-0.2, 0) is 6.42 Å². The van der Waals surface area contributed by atoms with E-state index >= 15 is 0 Å². The summed E-state index contributed by atoms with van der Waals surface area (Å²) in [6.45, 7) is 6.11. The van der Waals surface area contributed by atoms with Crippen LogP contribution in [0.1, 0.15) is 49.2 Å². The second kappa shape index (κ2) is 6.83. The molecule has 2 rings (SSSR count). The third kappa shape index (κ3) is 3.68. The first kappa shape index (κ1) is 15.7. The van der Waals surface area contributed by atoms with E-state index in [1.165, 1.54) is 6.07 Å². The molecule has 2 aromatic rings. The first-order valence-electron chi connectivity index (χ1n) is 7.31. The van der Waals surface area contributed by atoms with E-state index in [1.807, 2.05) is 29.9 Å². The van der Waals surface area contributed by atoms with Gasteiger partial charge < -0.3 is 0 Å². The Morgan fingerprint density at radius 3 is 2.76 bits per heavy atom. The average Bonchev–Trinajstić information content (AvgIpc) is 2.93. The first-order valence-corrected chi connectivity index (χ1v) is 7.31. The van der Waals surface area contributed by atoms with E-state index < -0.39 is 0 Å². The van der Waals surface area contributed by atoms with Crippen molar-refractivity contribution in [1.82, 2.24) is 15.2 Å². The fourth-order valence-electron chi connectivity index (χ4n) is 2.30. The standard InChI is InChI=1S/C16H23FN4/c1-4-12(3)21-8-7-13(20-21)10-16(19-18)14-6-5-11(2)9-15(14)17/h5-9,12,16,19H,4,10,18H2,1-3H3. The van der Waals surface area contributed by atoms with Crippen molar-refractivity contribution in [3.8, 4) is 0 Å². The number of benzene rings is 1. The number of nitrogens with two attached hydrogens (primary N) is 1. The van der Waals surface area contributed by atoms with Gasteiger partial charge in [0, 0.05) is 24.2 Å². The molecule has 5 heteroatoms. The molecule has 3 N–H and O–H groups in total. The molecular weight excluding hydrogens is 267 g/mol. The SMILES string of the molecule is CCC(C)n1ccc(CC(NN)c2ccc(C)cc2F)n1. The van der Waals surface area contributed by atoms with Crippen molar-refractivity contribution in [2.45, 2.75) is 45.7 Å². The second-order valence-corrected chi connectivity index (χ2v) is 5.49. The van der Waals surface area contributed by atoms with Crippen LogP contribution >= 0.6 is 0 Å². The molecule has 2 unspecified atom stereocenters. The summed E-state index contributed by atoms with van der Waals surface area (Å²) in [7, 11) is 0. The van der Waals surface area contributed by atoms with Crippen molar-refractivity contribution < 1.29 is 4.39 Å². The van der Waals surface area contributed by atoms with Gasteiger partial charge in [-0.2, -0.15) is 5.10 Å². The summed E-state index contributed by atoms with van der Waals surface area (Å²) in [5, 5.41) is 4.54.